The molecule has 0 bridgehead atoms. The highest BCUT2D eigenvalue weighted by molar-refractivity contribution is 7.13. The Morgan fingerprint density at radius 2 is 1.81 bits per heavy atom. The van der Waals surface area contributed by atoms with Crippen LogP contribution in [-0.2, 0) is 11.3 Å². The van der Waals surface area contributed by atoms with Crippen LogP contribution in [0.4, 0.5) is 14.6 Å². The highest BCUT2D eigenvalue weighted by atomic mass is 35.5. The van der Waals surface area contributed by atoms with Gasteiger partial charge in [-0.1, -0.05) is 18.5 Å². The summed E-state index contributed by atoms with van der Waals surface area (Å²) in [6.07, 6.45) is 0. The molecule has 0 unspecified atom stereocenters. The first-order chi connectivity index (χ1) is 17.1. The third kappa shape index (κ3) is 4.84. The summed E-state index contributed by atoms with van der Waals surface area (Å²) in [5, 5.41) is 5.83. The van der Waals surface area contributed by atoms with E-state index in [-0.39, 0.29) is 40.4 Å². The van der Waals surface area contributed by atoms with Crippen LogP contribution in [0.3, 0.4) is 0 Å². The Morgan fingerprint density at radius 1 is 1.11 bits per heavy atom. The second-order valence-corrected chi connectivity index (χ2v) is 9.26. The van der Waals surface area contributed by atoms with Gasteiger partial charge in [0.25, 0.3) is 11.8 Å². The number of anilines is 1. The van der Waals surface area contributed by atoms with Crippen molar-refractivity contribution in [3.05, 3.63) is 75.8 Å². The summed E-state index contributed by atoms with van der Waals surface area (Å²) in [6.45, 7) is 2.81. The molecule has 4 aromatic rings. The molecule has 2 aromatic heterocycles. The summed E-state index contributed by atoms with van der Waals surface area (Å²) < 4.78 is 33.7. The van der Waals surface area contributed by atoms with Gasteiger partial charge in [-0.05, 0) is 60.4 Å². The molecule has 0 saturated carbocycles. The minimum atomic E-state index is -0.685. The highest BCUT2D eigenvalue weighted by Crippen LogP contribution is 2.36. The van der Waals surface area contributed by atoms with Gasteiger partial charge in [0.15, 0.2) is 5.82 Å². The van der Waals surface area contributed by atoms with Gasteiger partial charge in [-0.2, -0.15) is 4.37 Å². The lowest BCUT2D eigenvalue weighted by atomic mass is 9.96. The standard InChI is InChI=1S/C24H20ClF2N5O3S/c1-11(33)10-32-20(12(2)16-8-13(26)5-7-17(16)25)21(29-22(32)24(35)28-3)30-23(34)19-15-6-4-14(27)9-18(15)36-31-19/h4-9,12H,10H2,1-3H3,(H,28,35)(H,30,34)/t12-/m0/s1. The number of carbonyl (C=O) groups excluding carboxylic acids is 3. The number of benzene rings is 2. The van der Waals surface area contributed by atoms with Crippen molar-refractivity contribution < 1.29 is 23.2 Å². The number of rotatable bonds is 7. The second kappa shape index (κ2) is 10.1. The van der Waals surface area contributed by atoms with E-state index in [1.807, 2.05) is 0 Å². The number of Topliss-reactive ketones (excluding diaryl/α,β-unsaturated/α-hetero) is 1. The van der Waals surface area contributed by atoms with Gasteiger partial charge in [0.2, 0.25) is 5.82 Å². The van der Waals surface area contributed by atoms with Crippen molar-refractivity contribution in [2.45, 2.75) is 26.3 Å². The first kappa shape index (κ1) is 25.4. The van der Waals surface area contributed by atoms with Crippen molar-refractivity contribution in [2.24, 2.45) is 0 Å². The number of imidazole rings is 1. The molecular formula is C24H20ClF2N5O3S. The van der Waals surface area contributed by atoms with Gasteiger partial charge in [-0.15, -0.1) is 0 Å². The lowest BCUT2D eigenvalue weighted by Gasteiger charge is -2.19. The van der Waals surface area contributed by atoms with Crippen LogP contribution < -0.4 is 10.6 Å². The maximum absolute atomic E-state index is 14.1. The van der Waals surface area contributed by atoms with Crippen molar-refractivity contribution in [2.75, 3.05) is 12.4 Å². The molecule has 0 fully saturated rings. The molecule has 186 valence electrons. The maximum Gasteiger partial charge on any atom is 0.287 e. The van der Waals surface area contributed by atoms with Gasteiger partial charge in [-0.25, -0.2) is 13.8 Å². The van der Waals surface area contributed by atoms with Crippen LogP contribution in [0.2, 0.25) is 5.02 Å². The molecule has 36 heavy (non-hydrogen) atoms. The summed E-state index contributed by atoms with van der Waals surface area (Å²) in [5.74, 6) is -3.33. The van der Waals surface area contributed by atoms with Crippen LogP contribution in [-0.4, -0.2) is 38.6 Å². The van der Waals surface area contributed by atoms with Crippen molar-refractivity contribution in [1.82, 2.24) is 19.2 Å². The Hall–Kier alpha value is -3.70. The van der Waals surface area contributed by atoms with Gasteiger partial charge in [0.1, 0.15) is 23.1 Å². The fourth-order valence-electron chi connectivity index (χ4n) is 3.90. The monoisotopic (exact) mass is 531 g/mol. The molecule has 4 rings (SSSR count). The van der Waals surface area contributed by atoms with E-state index in [2.05, 4.69) is 20.0 Å². The SMILES string of the molecule is CNC(=O)c1nc(NC(=O)c2nsc3cc(F)ccc23)c([C@@H](C)c2cc(F)ccc2Cl)n1CC(C)=O. The number of fused-ring (bicyclic) bond motifs is 1. The van der Waals surface area contributed by atoms with Crippen LogP contribution >= 0.6 is 23.1 Å². The van der Waals surface area contributed by atoms with E-state index in [0.717, 1.165) is 11.5 Å². The number of nitrogens with zero attached hydrogens (tertiary/aromatic N) is 3. The van der Waals surface area contributed by atoms with E-state index < -0.39 is 29.4 Å². The second-order valence-electron chi connectivity index (χ2n) is 8.05. The summed E-state index contributed by atoms with van der Waals surface area (Å²) >= 11 is 7.30. The molecule has 12 heteroatoms. The third-order valence-corrected chi connectivity index (χ3v) is 6.69. The van der Waals surface area contributed by atoms with Crippen LogP contribution in [0.5, 0.6) is 0 Å². The summed E-state index contributed by atoms with van der Waals surface area (Å²) in [4.78, 5) is 42.3. The van der Waals surface area contributed by atoms with Gasteiger partial charge in [0, 0.05) is 23.4 Å². The number of aromatic nitrogens is 3. The van der Waals surface area contributed by atoms with Crippen LogP contribution in [0, 0.1) is 11.6 Å². The van der Waals surface area contributed by atoms with Crippen molar-refractivity contribution in [1.29, 1.82) is 0 Å². The van der Waals surface area contributed by atoms with E-state index in [4.69, 9.17) is 11.6 Å². The zero-order valence-electron chi connectivity index (χ0n) is 19.4. The van der Waals surface area contributed by atoms with Crippen LogP contribution in [0.25, 0.3) is 10.1 Å². The molecule has 2 aromatic carbocycles. The molecule has 0 aliphatic carbocycles. The summed E-state index contributed by atoms with van der Waals surface area (Å²) in [7, 11) is 1.40. The van der Waals surface area contributed by atoms with Crippen molar-refractivity contribution >= 4 is 56.6 Å². The molecule has 0 radical (unpaired) electrons. The topological polar surface area (TPSA) is 106 Å². The van der Waals surface area contributed by atoms with E-state index >= 15 is 0 Å². The average molecular weight is 532 g/mol. The largest absolute Gasteiger partial charge is 0.352 e. The van der Waals surface area contributed by atoms with Gasteiger partial charge in [-0.3, -0.25) is 14.4 Å². The number of carbonyl (C=O) groups is 3. The predicted molar refractivity (Wildman–Crippen MR) is 133 cm³/mol. The molecule has 0 saturated heterocycles. The number of ketones is 1. The van der Waals surface area contributed by atoms with Gasteiger partial charge in [0.05, 0.1) is 16.9 Å². The van der Waals surface area contributed by atoms with Crippen LogP contribution in [0.1, 0.15) is 52.1 Å². The van der Waals surface area contributed by atoms with E-state index in [9.17, 15) is 23.2 Å². The Morgan fingerprint density at radius 3 is 2.50 bits per heavy atom. The Kier molecular flexibility index (Phi) is 7.14. The Balaban J connectivity index is 1.86. The van der Waals surface area contributed by atoms with Crippen molar-refractivity contribution in [3.63, 3.8) is 0 Å². The van der Waals surface area contributed by atoms with Gasteiger partial charge < -0.3 is 15.2 Å². The first-order valence-electron chi connectivity index (χ1n) is 10.7. The smallest absolute Gasteiger partial charge is 0.287 e. The fourth-order valence-corrected chi connectivity index (χ4v) is 4.98. The quantitative estimate of drug-likeness (QED) is 0.357. The fraction of sp³-hybridized carbons (Fsp3) is 0.208. The molecule has 2 N–H and O–H groups in total. The number of nitrogens with one attached hydrogen (secondary N) is 2. The van der Waals surface area contributed by atoms with Crippen LogP contribution in [0.15, 0.2) is 36.4 Å². The zero-order valence-corrected chi connectivity index (χ0v) is 20.9. The molecule has 0 aliphatic rings. The molecule has 2 amide bonds. The molecular weight excluding hydrogens is 512 g/mol. The number of amides is 2. The van der Waals surface area contributed by atoms with E-state index in [0.29, 0.717) is 15.6 Å². The summed E-state index contributed by atoms with van der Waals surface area (Å²) in [5.41, 5.74) is 0.685. The zero-order chi connectivity index (χ0) is 26.1. The Labute approximate surface area is 213 Å². The lowest BCUT2D eigenvalue weighted by molar-refractivity contribution is -0.117. The number of halogens is 3. The number of hydrogen-bond acceptors (Lipinski definition) is 6. The Bertz CT molecular complexity index is 1520. The van der Waals surface area contributed by atoms with Crippen molar-refractivity contribution in [3.8, 4) is 0 Å². The molecule has 1 atom stereocenters. The average Bonchev–Trinajstić information content (AvgIpc) is 3.40. The minimum absolute atomic E-state index is 0.0176. The molecule has 0 spiro atoms. The number of hydrogen-bond donors (Lipinski definition) is 2. The third-order valence-electron chi connectivity index (χ3n) is 5.53. The van der Waals surface area contributed by atoms with E-state index in [1.165, 1.54) is 54.9 Å². The lowest BCUT2D eigenvalue weighted by Crippen LogP contribution is -2.25. The maximum atomic E-state index is 14.1. The minimum Gasteiger partial charge on any atom is -0.352 e. The van der Waals surface area contributed by atoms with Gasteiger partial charge >= 0.3 is 0 Å². The molecule has 8 nitrogen and oxygen atoms in total. The highest BCUT2D eigenvalue weighted by Gasteiger charge is 2.29. The predicted octanol–water partition coefficient (Wildman–Crippen LogP) is 4.78. The summed E-state index contributed by atoms with van der Waals surface area (Å²) in [6, 6.07) is 7.79. The first-order valence-corrected chi connectivity index (χ1v) is 11.9. The molecule has 2 heterocycles. The van der Waals surface area contributed by atoms with E-state index in [1.54, 1.807) is 6.92 Å². The normalized spacial score (nSPS) is 11.9. The molecule has 0 aliphatic heterocycles.